The zero-order valence-corrected chi connectivity index (χ0v) is 11.1. The van der Waals surface area contributed by atoms with Crippen molar-refractivity contribution in [3.63, 3.8) is 0 Å². The standard InChI is InChI=1S/CH2O3.HIO3.HI.Na/c2*2-1(3)4;;/h(H2,2,3,4);2H;1H;/q;;;+1/p-1. The van der Waals surface area contributed by atoms with Crippen molar-refractivity contribution in [2.75, 3.05) is 0 Å². The second-order valence-corrected chi connectivity index (χ2v) is 1.63. The van der Waals surface area contributed by atoms with E-state index in [1.54, 1.807) is 0 Å². The minimum absolute atomic E-state index is 0. The van der Waals surface area contributed by atoms with Gasteiger partial charge >= 0.3 is 56.8 Å². The first kappa shape index (κ1) is 22.6. The van der Waals surface area contributed by atoms with Gasteiger partial charge < -0.3 is 41.1 Å². The van der Waals surface area contributed by atoms with Crippen molar-refractivity contribution in [2.45, 2.75) is 0 Å². The average molecular weight is 388 g/mol. The summed E-state index contributed by atoms with van der Waals surface area (Å²) in [6, 6.07) is 0. The summed E-state index contributed by atoms with van der Waals surface area (Å²) < 4.78 is 24.5. The quantitative estimate of drug-likeness (QED) is 0.280. The molecule has 9 heteroatoms. The summed E-state index contributed by atoms with van der Waals surface area (Å²) in [4.78, 5) is 8.56. The van der Waals surface area contributed by atoms with Gasteiger partial charge in [-0.25, -0.2) is 4.79 Å². The van der Waals surface area contributed by atoms with Gasteiger partial charge in [0.15, 0.2) is 0 Å². The number of carbonyl (C=O) groups is 1. The summed E-state index contributed by atoms with van der Waals surface area (Å²) in [5, 5.41) is 13.9. The molecule has 58 valence electrons. The average Bonchev–Trinajstić information content (AvgIpc) is 1.25. The molecule has 0 bridgehead atoms. The van der Waals surface area contributed by atoms with Crippen molar-refractivity contribution in [1.82, 2.24) is 0 Å². The molecule has 0 aliphatic carbocycles. The minimum atomic E-state index is -3.76. The Bertz CT molecular complexity index is 60.0. The fourth-order valence-corrected chi connectivity index (χ4v) is 0. The SMILES string of the molecule is O=C(O)O.[I-].[Na+].[O-][I+2]([O-])O. The molecule has 0 fully saturated rings. The molecule has 0 atom stereocenters. The van der Waals surface area contributed by atoms with Crippen LogP contribution in [0.1, 0.15) is 0 Å². The Morgan fingerprint density at radius 2 is 1.30 bits per heavy atom. The molecular formula is CH3I2NaO6. The smallest absolute Gasteiger partial charge is 1.00 e. The van der Waals surface area contributed by atoms with Crippen molar-refractivity contribution in [3.05, 3.63) is 0 Å². The van der Waals surface area contributed by atoms with Crippen LogP contribution in [0.4, 0.5) is 4.79 Å². The molecule has 6 nitrogen and oxygen atoms in total. The van der Waals surface area contributed by atoms with E-state index < -0.39 is 27.2 Å². The van der Waals surface area contributed by atoms with Gasteiger partial charge in [0.25, 0.3) is 0 Å². The first-order valence-electron chi connectivity index (χ1n) is 1.13. The Morgan fingerprint density at radius 3 is 1.30 bits per heavy atom. The summed E-state index contributed by atoms with van der Waals surface area (Å²) in [5.74, 6) is 0. The van der Waals surface area contributed by atoms with Gasteiger partial charge in [0.2, 0.25) is 0 Å². The predicted molar refractivity (Wildman–Crippen MR) is 12.9 cm³/mol. The Hall–Kier alpha value is 1.61. The van der Waals surface area contributed by atoms with E-state index in [0.29, 0.717) is 0 Å². The van der Waals surface area contributed by atoms with Crippen LogP contribution in [-0.4, -0.2) is 19.8 Å². The van der Waals surface area contributed by atoms with E-state index in [-0.39, 0.29) is 53.5 Å². The molecule has 0 aliphatic rings. The van der Waals surface area contributed by atoms with Crippen molar-refractivity contribution in [3.8, 4) is 0 Å². The van der Waals surface area contributed by atoms with Gasteiger partial charge in [-0.1, -0.05) is 0 Å². The minimum Gasteiger partial charge on any atom is -1.00 e. The molecule has 0 aromatic rings. The summed E-state index contributed by atoms with van der Waals surface area (Å²) in [7, 11) is 0. The number of halogens is 2. The molecule has 0 heterocycles. The van der Waals surface area contributed by atoms with Gasteiger partial charge in [-0.2, -0.15) is 0 Å². The molecule has 0 unspecified atom stereocenters. The van der Waals surface area contributed by atoms with Crippen molar-refractivity contribution in [1.29, 1.82) is 0 Å². The van der Waals surface area contributed by atoms with Crippen LogP contribution in [-0.2, 0) is 0 Å². The van der Waals surface area contributed by atoms with Gasteiger partial charge in [-0.05, 0) is 3.44 Å². The molecule has 10 heavy (non-hydrogen) atoms. The molecule has 0 radical (unpaired) electrons. The maximum Gasteiger partial charge on any atom is 1.00 e. The Morgan fingerprint density at radius 1 is 1.30 bits per heavy atom. The van der Waals surface area contributed by atoms with Crippen LogP contribution in [0.5, 0.6) is 0 Å². The fraction of sp³-hybridized carbons (Fsp3) is 0. The molecule has 0 amide bonds. The van der Waals surface area contributed by atoms with Gasteiger partial charge in [0.1, 0.15) is 0 Å². The molecule has 0 saturated heterocycles. The number of rotatable bonds is 0. The number of hydrogen-bond acceptors (Lipinski definition) is 4. The summed E-state index contributed by atoms with van der Waals surface area (Å²) in [6.07, 6.45) is -1.83. The van der Waals surface area contributed by atoms with Crippen LogP contribution in [0, 0.1) is 0 Å². The Balaban J connectivity index is -0.0000000300. The zero-order valence-electron chi connectivity index (χ0n) is 4.82. The van der Waals surface area contributed by atoms with E-state index >= 15 is 0 Å². The van der Waals surface area contributed by atoms with Crippen molar-refractivity contribution in [2.24, 2.45) is 0 Å². The molecule has 0 saturated carbocycles. The molecule has 0 aliphatic heterocycles. The summed E-state index contributed by atoms with van der Waals surface area (Å²) in [6.45, 7) is 0. The molecule has 3 N–H and O–H groups in total. The van der Waals surface area contributed by atoms with Gasteiger partial charge in [0, 0.05) is 0 Å². The summed E-state index contributed by atoms with van der Waals surface area (Å²) >= 11 is -3.76. The molecule has 0 aromatic heterocycles. The Labute approximate surface area is 105 Å². The van der Waals surface area contributed by atoms with Crippen LogP contribution in [0.2, 0.25) is 0 Å². The normalized spacial score (nSPS) is 6.00. The van der Waals surface area contributed by atoms with E-state index in [1.165, 1.54) is 0 Å². The molecule has 0 spiro atoms. The van der Waals surface area contributed by atoms with Crippen molar-refractivity contribution < 1.29 is 99.9 Å². The van der Waals surface area contributed by atoms with E-state index in [0.717, 1.165) is 0 Å². The van der Waals surface area contributed by atoms with Crippen LogP contribution in [0.15, 0.2) is 0 Å². The van der Waals surface area contributed by atoms with Crippen LogP contribution >= 0.6 is 0 Å². The molecule has 0 rings (SSSR count). The largest absolute Gasteiger partial charge is 1.00 e. The predicted octanol–water partition coefficient (Wildman–Crippen LogP) is -11.7. The van der Waals surface area contributed by atoms with E-state index in [2.05, 4.69) is 0 Å². The third kappa shape index (κ3) is 275. The van der Waals surface area contributed by atoms with E-state index in [1.807, 2.05) is 0 Å². The zero-order chi connectivity index (χ0) is 7.15. The van der Waals surface area contributed by atoms with E-state index in [4.69, 9.17) is 25.3 Å². The number of carboxylic acid groups (broad SMARTS) is 2. The third-order valence-corrected chi connectivity index (χ3v) is 0. The topological polar surface area (TPSA) is 124 Å². The number of hydrogen-bond donors (Lipinski definition) is 3. The molecule has 0 aromatic carbocycles. The van der Waals surface area contributed by atoms with Crippen LogP contribution in [0.25, 0.3) is 0 Å². The van der Waals surface area contributed by atoms with Crippen LogP contribution in [0.3, 0.4) is 0 Å². The van der Waals surface area contributed by atoms with Gasteiger partial charge in [-0.15, -0.1) is 0 Å². The van der Waals surface area contributed by atoms with Crippen molar-refractivity contribution >= 4 is 6.16 Å². The first-order valence-corrected chi connectivity index (χ1v) is 3.86. The maximum absolute atomic E-state index is 8.68. The molecular weight excluding hydrogens is 385 g/mol. The second-order valence-electron chi connectivity index (χ2n) is 0.484. The monoisotopic (exact) mass is 388 g/mol. The van der Waals surface area contributed by atoms with Gasteiger partial charge in [-0.3, -0.25) is 0 Å². The van der Waals surface area contributed by atoms with Gasteiger partial charge in [0.05, 0.1) is 0 Å². The third-order valence-electron chi connectivity index (χ3n) is 0. The summed E-state index contributed by atoms with van der Waals surface area (Å²) in [5.41, 5.74) is 0. The van der Waals surface area contributed by atoms with E-state index in [9.17, 15) is 0 Å². The maximum atomic E-state index is 8.68. The fourth-order valence-electron chi connectivity index (χ4n) is 0. The Kier molecular flexibility index (Phi) is 38.2. The second kappa shape index (κ2) is 16.9. The first-order chi connectivity index (χ1) is 3.46. The van der Waals surface area contributed by atoms with Crippen LogP contribution < -0.4 is 81.5 Å².